The third-order valence-electron chi connectivity index (χ3n) is 4.52. The summed E-state index contributed by atoms with van der Waals surface area (Å²) in [7, 11) is 0. The first-order valence-electron chi connectivity index (χ1n) is 9.51. The lowest BCUT2D eigenvalue weighted by Crippen LogP contribution is -2.27. The highest BCUT2D eigenvalue weighted by Gasteiger charge is 2.37. The van der Waals surface area contributed by atoms with Gasteiger partial charge in [-0.1, -0.05) is 36.0 Å². The molecule has 0 unspecified atom stereocenters. The van der Waals surface area contributed by atoms with E-state index in [1.807, 2.05) is 0 Å². The van der Waals surface area contributed by atoms with Gasteiger partial charge >= 0.3 is 12.4 Å². The molecule has 1 heterocycles. The van der Waals surface area contributed by atoms with Crippen molar-refractivity contribution in [3.8, 4) is 0 Å². The zero-order chi connectivity index (χ0) is 25.3. The number of benzene rings is 2. The minimum atomic E-state index is -4.53. The van der Waals surface area contributed by atoms with Gasteiger partial charge in [-0.15, -0.1) is 5.10 Å². The maximum Gasteiger partial charge on any atom is 0.416 e. The van der Waals surface area contributed by atoms with Crippen molar-refractivity contribution in [2.24, 2.45) is 10.2 Å². The summed E-state index contributed by atoms with van der Waals surface area (Å²) in [6.07, 6.45) is -7.88. The lowest BCUT2D eigenvalue weighted by atomic mass is 10.1. The van der Waals surface area contributed by atoms with Gasteiger partial charge in [0.25, 0.3) is 0 Å². The Labute approximate surface area is 193 Å². The van der Waals surface area contributed by atoms with Crippen LogP contribution in [0.15, 0.2) is 58.7 Å². The van der Waals surface area contributed by atoms with Crippen LogP contribution in [-0.4, -0.2) is 33.2 Å². The van der Waals surface area contributed by atoms with E-state index in [2.05, 4.69) is 10.2 Å². The third-order valence-corrected chi connectivity index (χ3v) is 5.68. The number of amides is 2. The quantitative estimate of drug-likeness (QED) is 0.318. The summed E-state index contributed by atoms with van der Waals surface area (Å²) in [6, 6.07) is 8.22. The number of halogens is 6. The van der Waals surface area contributed by atoms with Gasteiger partial charge in [-0.05, 0) is 35.4 Å². The molecule has 0 bridgehead atoms. The summed E-state index contributed by atoms with van der Waals surface area (Å²) in [6.45, 7) is 2.37. The molecule has 13 heteroatoms. The van der Waals surface area contributed by atoms with E-state index in [1.54, 1.807) is 0 Å². The van der Waals surface area contributed by atoms with Crippen LogP contribution in [0.4, 0.5) is 26.3 Å². The Morgan fingerprint density at radius 1 is 0.941 bits per heavy atom. The van der Waals surface area contributed by atoms with Crippen LogP contribution in [0.25, 0.3) is 0 Å². The molecule has 0 saturated carbocycles. The highest BCUT2D eigenvalue weighted by molar-refractivity contribution is 8.14. The average Bonchev–Trinajstić information content (AvgIpc) is 3.18. The van der Waals surface area contributed by atoms with Crippen LogP contribution >= 0.6 is 11.8 Å². The van der Waals surface area contributed by atoms with Crippen molar-refractivity contribution in [2.75, 3.05) is 0 Å². The Morgan fingerprint density at radius 2 is 1.44 bits per heavy atom. The number of rotatable bonds is 3. The number of amidine groups is 1. The number of hydrogen-bond acceptors (Lipinski definition) is 5. The molecule has 2 aromatic carbocycles. The van der Waals surface area contributed by atoms with Crippen LogP contribution in [0.5, 0.6) is 0 Å². The smallest absolute Gasteiger partial charge is 0.273 e. The monoisotopic (exact) mass is 502 g/mol. The van der Waals surface area contributed by atoms with E-state index in [1.165, 1.54) is 31.2 Å². The SMILES string of the molecule is CC(=O)N(/N=C\c1ccc(C(F)(F)F)cc1)C1=NN(C(C)=O)[C@@H](c2ccc(C(F)(F)F)cc2)S1. The molecule has 6 nitrogen and oxygen atoms in total. The van der Waals surface area contributed by atoms with E-state index in [0.29, 0.717) is 5.56 Å². The van der Waals surface area contributed by atoms with Crippen molar-refractivity contribution >= 4 is 35.0 Å². The topological polar surface area (TPSA) is 65.3 Å². The van der Waals surface area contributed by atoms with Crippen LogP contribution in [0.3, 0.4) is 0 Å². The van der Waals surface area contributed by atoms with Crippen molar-refractivity contribution in [1.82, 2.24) is 10.0 Å². The van der Waals surface area contributed by atoms with Crippen molar-refractivity contribution < 1.29 is 35.9 Å². The molecule has 0 aliphatic carbocycles. The average molecular weight is 502 g/mol. The standard InChI is InChI=1S/C21H16F6N4O2S/c1-12(32)30-18(15-5-9-17(10-6-15)21(25,26)27)34-19(29-30)31(13(2)33)28-11-14-3-7-16(8-4-14)20(22,23)24/h3-11,18H,1-2H3/b28-11-/t18-/m1/s1. The van der Waals surface area contributed by atoms with Gasteiger partial charge in [-0.25, -0.2) is 5.01 Å². The first-order valence-corrected chi connectivity index (χ1v) is 10.4. The molecule has 1 aliphatic heterocycles. The van der Waals surface area contributed by atoms with Crippen LogP contribution in [-0.2, 0) is 21.9 Å². The molecule has 1 atom stereocenters. The van der Waals surface area contributed by atoms with Gasteiger partial charge < -0.3 is 0 Å². The molecular formula is C21H16F6N4O2S. The zero-order valence-corrected chi connectivity index (χ0v) is 18.4. The second kappa shape index (κ2) is 9.49. The van der Waals surface area contributed by atoms with Gasteiger partial charge in [-0.3, -0.25) is 9.59 Å². The fraction of sp³-hybridized carbons (Fsp3) is 0.238. The summed E-state index contributed by atoms with van der Waals surface area (Å²) in [5.41, 5.74) is -1.10. The van der Waals surface area contributed by atoms with E-state index in [-0.39, 0.29) is 10.7 Å². The van der Waals surface area contributed by atoms with E-state index in [9.17, 15) is 35.9 Å². The first kappa shape index (κ1) is 25.3. The van der Waals surface area contributed by atoms with E-state index in [4.69, 9.17) is 0 Å². The van der Waals surface area contributed by atoms with E-state index < -0.39 is 40.7 Å². The predicted molar refractivity (Wildman–Crippen MR) is 113 cm³/mol. The molecule has 0 radical (unpaired) electrons. The van der Waals surface area contributed by atoms with Gasteiger partial charge in [-0.2, -0.15) is 36.5 Å². The highest BCUT2D eigenvalue weighted by atomic mass is 32.2. The maximum absolute atomic E-state index is 12.9. The summed E-state index contributed by atoms with van der Waals surface area (Å²) < 4.78 is 76.7. The number of carbonyl (C=O) groups excluding carboxylic acids is 2. The summed E-state index contributed by atoms with van der Waals surface area (Å²) in [5, 5.41) is 9.03. The molecule has 0 saturated heterocycles. The van der Waals surface area contributed by atoms with Gasteiger partial charge in [0, 0.05) is 13.8 Å². The number of carbonyl (C=O) groups is 2. The van der Waals surface area contributed by atoms with Crippen molar-refractivity contribution in [1.29, 1.82) is 0 Å². The minimum Gasteiger partial charge on any atom is -0.273 e. The van der Waals surface area contributed by atoms with Gasteiger partial charge in [0.1, 0.15) is 5.37 Å². The Morgan fingerprint density at radius 3 is 1.88 bits per heavy atom. The van der Waals surface area contributed by atoms with E-state index in [0.717, 1.165) is 59.2 Å². The molecule has 1 aliphatic rings. The number of thioether (sulfide) groups is 1. The van der Waals surface area contributed by atoms with Crippen LogP contribution < -0.4 is 0 Å². The highest BCUT2D eigenvalue weighted by Crippen LogP contribution is 2.41. The van der Waals surface area contributed by atoms with Crippen LogP contribution in [0, 0.1) is 0 Å². The normalized spacial score (nSPS) is 16.6. The second-order valence-electron chi connectivity index (χ2n) is 7.03. The van der Waals surface area contributed by atoms with Gasteiger partial charge in [0.05, 0.1) is 17.3 Å². The number of hydrogen-bond donors (Lipinski definition) is 0. The van der Waals surface area contributed by atoms with Gasteiger partial charge in [0.15, 0.2) is 0 Å². The Balaban J connectivity index is 1.84. The number of nitrogens with zero attached hydrogens (tertiary/aromatic N) is 4. The van der Waals surface area contributed by atoms with E-state index >= 15 is 0 Å². The Hall–Kier alpha value is -3.35. The first-order chi connectivity index (χ1) is 15.8. The second-order valence-corrected chi connectivity index (χ2v) is 8.08. The Bertz CT molecular complexity index is 1130. The predicted octanol–water partition coefficient (Wildman–Crippen LogP) is 5.47. The molecule has 0 aromatic heterocycles. The molecule has 0 spiro atoms. The molecular weight excluding hydrogens is 486 g/mol. The fourth-order valence-electron chi connectivity index (χ4n) is 2.84. The van der Waals surface area contributed by atoms with Crippen molar-refractivity contribution in [3.05, 3.63) is 70.8 Å². The molecule has 2 amide bonds. The molecule has 0 fully saturated rings. The van der Waals surface area contributed by atoms with Crippen LogP contribution in [0.1, 0.15) is 41.5 Å². The molecule has 0 N–H and O–H groups in total. The zero-order valence-electron chi connectivity index (χ0n) is 17.6. The number of hydrazone groups is 2. The van der Waals surface area contributed by atoms with Crippen LogP contribution in [0.2, 0.25) is 0 Å². The van der Waals surface area contributed by atoms with Crippen molar-refractivity contribution in [2.45, 2.75) is 31.6 Å². The molecule has 3 rings (SSSR count). The minimum absolute atomic E-state index is 0.0317. The lowest BCUT2D eigenvalue weighted by molar-refractivity contribution is -0.138. The third kappa shape index (κ3) is 5.76. The summed E-state index contributed by atoms with van der Waals surface area (Å²) in [5.74, 6) is -1.13. The lowest BCUT2D eigenvalue weighted by Gasteiger charge is -2.19. The summed E-state index contributed by atoms with van der Waals surface area (Å²) in [4.78, 5) is 24.2. The molecule has 34 heavy (non-hydrogen) atoms. The molecule has 2 aromatic rings. The summed E-state index contributed by atoms with van der Waals surface area (Å²) >= 11 is 0.907. The largest absolute Gasteiger partial charge is 0.416 e. The van der Waals surface area contributed by atoms with Gasteiger partial charge in [0.2, 0.25) is 17.0 Å². The fourth-order valence-corrected chi connectivity index (χ4v) is 4.04. The Kier molecular flexibility index (Phi) is 7.05. The maximum atomic E-state index is 12.9. The number of alkyl halides is 6. The molecule has 180 valence electrons. The van der Waals surface area contributed by atoms with Crippen molar-refractivity contribution in [3.63, 3.8) is 0 Å².